The van der Waals surface area contributed by atoms with E-state index in [0.29, 0.717) is 30.3 Å². The van der Waals surface area contributed by atoms with Crippen molar-refractivity contribution in [3.63, 3.8) is 0 Å². The molecule has 1 heterocycles. The maximum Gasteiger partial charge on any atom is 0.332 e. The molecule has 7 nitrogen and oxygen atoms in total. The first kappa shape index (κ1) is 14.1. The number of ether oxygens (including phenoxy) is 2. The van der Waals surface area contributed by atoms with Crippen molar-refractivity contribution in [2.75, 3.05) is 19.8 Å². The highest BCUT2D eigenvalue weighted by Gasteiger charge is 2.20. The molecular formula is C13H15NO6. The minimum absolute atomic E-state index is 0.0524. The Labute approximate surface area is 115 Å². The second kappa shape index (κ2) is 6.25. The van der Waals surface area contributed by atoms with Crippen LogP contribution in [-0.2, 0) is 4.79 Å². The molecule has 20 heavy (non-hydrogen) atoms. The van der Waals surface area contributed by atoms with E-state index in [1.165, 1.54) is 0 Å². The average molecular weight is 281 g/mol. The highest BCUT2D eigenvalue weighted by atomic mass is 16.6. The topological polar surface area (TPSA) is 105 Å². The number of para-hydroxylation sites is 1. The number of hydrogen-bond acceptors (Lipinski definition) is 5. The Bertz CT molecular complexity index is 516. The maximum atomic E-state index is 12.0. The summed E-state index contributed by atoms with van der Waals surface area (Å²) in [6.45, 7) is 0.856. The van der Waals surface area contributed by atoms with Gasteiger partial charge in [-0.05, 0) is 12.1 Å². The third kappa shape index (κ3) is 3.18. The molecule has 1 amide bonds. The van der Waals surface area contributed by atoms with E-state index in [1.54, 1.807) is 18.2 Å². The molecule has 0 saturated carbocycles. The molecule has 0 fully saturated rings. The second-order valence-corrected chi connectivity index (χ2v) is 4.23. The Kier molecular flexibility index (Phi) is 4.41. The summed E-state index contributed by atoms with van der Waals surface area (Å²) >= 11 is 0. The van der Waals surface area contributed by atoms with Gasteiger partial charge in [0.1, 0.15) is 13.2 Å². The fourth-order valence-corrected chi connectivity index (χ4v) is 1.79. The van der Waals surface area contributed by atoms with Crippen LogP contribution >= 0.6 is 0 Å². The van der Waals surface area contributed by atoms with Crippen molar-refractivity contribution in [1.29, 1.82) is 0 Å². The van der Waals surface area contributed by atoms with Crippen LogP contribution in [0.15, 0.2) is 18.2 Å². The van der Waals surface area contributed by atoms with Crippen LogP contribution < -0.4 is 14.8 Å². The number of nitrogens with one attached hydrogen (secondary N) is 1. The van der Waals surface area contributed by atoms with Crippen molar-refractivity contribution < 1.29 is 29.3 Å². The zero-order valence-electron chi connectivity index (χ0n) is 10.7. The highest BCUT2D eigenvalue weighted by molar-refractivity contribution is 5.97. The number of carbonyl (C=O) groups excluding carboxylic acids is 1. The predicted octanol–water partition coefficient (Wildman–Crippen LogP) is 0.0232. The summed E-state index contributed by atoms with van der Waals surface area (Å²) in [6, 6.07) is 4.98. The average Bonchev–Trinajstić information content (AvgIpc) is 2.46. The number of hydrogen-bond donors (Lipinski definition) is 3. The molecule has 0 aliphatic carbocycles. The zero-order chi connectivity index (χ0) is 14.5. The van der Waals surface area contributed by atoms with Gasteiger partial charge in [-0.25, -0.2) is 4.79 Å². The van der Waals surface area contributed by atoms with Crippen molar-refractivity contribution in [2.24, 2.45) is 0 Å². The molecule has 0 aromatic heterocycles. The molecule has 0 unspecified atom stereocenters. The molecule has 0 bridgehead atoms. The lowest BCUT2D eigenvalue weighted by atomic mass is 10.1. The largest absolute Gasteiger partial charge is 0.486 e. The van der Waals surface area contributed by atoms with E-state index in [2.05, 4.69) is 5.32 Å². The van der Waals surface area contributed by atoms with Crippen LogP contribution in [0.5, 0.6) is 11.5 Å². The van der Waals surface area contributed by atoms with Gasteiger partial charge in [-0.3, -0.25) is 4.79 Å². The number of fused-ring (bicyclic) bond motifs is 1. The van der Waals surface area contributed by atoms with Gasteiger partial charge in [-0.15, -0.1) is 0 Å². The minimum atomic E-state index is -1.49. The summed E-state index contributed by atoms with van der Waals surface area (Å²) in [5, 5.41) is 20.2. The second-order valence-electron chi connectivity index (χ2n) is 4.23. The van der Waals surface area contributed by atoms with Crippen LogP contribution in [0.2, 0.25) is 0 Å². The smallest absolute Gasteiger partial charge is 0.332 e. The predicted molar refractivity (Wildman–Crippen MR) is 68.0 cm³/mol. The molecule has 1 aromatic rings. The molecule has 0 spiro atoms. The van der Waals surface area contributed by atoms with Gasteiger partial charge in [0, 0.05) is 13.0 Å². The Hall–Kier alpha value is -2.28. The lowest BCUT2D eigenvalue weighted by molar-refractivity contribution is -0.146. The van der Waals surface area contributed by atoms with Gasteiger partial charge in [0.25, 0.3) is 5.91 Å². The van der Waals surface area contributed by atoms with Crippen LogP contribution in [0, 0.1) is 0 Å². The van der Waals surface area contributed by atoms with E-state index in [-0.39, 0.29) is 13.0 Å². The molecule has 1 aliphatic rings. The fraction of sp³-hybridized carbons (Fsp3) is 0.385. The first-order valence-corrected chi connectivity index (χ1v) is 6.17. The minimum Gasteiger partial charge on any atom is -0.486 e. The van der Waals surface area contributed by atoms with Crippen LogP contribution in [-0.4, -0.2) is 48.0 Å². The number of aliphatic hydroxyl groups excluding tert-OH is 1. The van der Waals surface area contributed by atoms with Crippen molar-refractivity contribution in [2.45, 2.75) is 12.5 Å². The van der Waals surface area contributed by atoms with E-state index in [0.717, 1.165) is 0 Å². The lowest BCUT2D eigenvalue weighted by Gasteiger charge is -2.20. The number of carbonyl (C=O) groups is 2. The lowest BCUT2D eigenvalue weighted by Crippen LogP contribution is -2.30. The standard InChI is InChI=1S/C13H15NO6/c15-9(13(17)18)4-5-14-12(16)8-2-1-3-10-11(8)20-7-6-19-10/h1-3,9,15H,4-7H2,(H,14,16)(H,17,18)/t9-/m0/s1. The first-order valence-electron chi connectivity index (χ1n) is 6.17. The molecule has 7 heteroatoms. The fourth-order valence-electron chi connectivity index (χ4n) is 1.79. The van der Waals surface area contributed by atoms with Gasteiger partial charge in [-0.2, -0.15) is 0 Å². The number of rotatable bonds is 5. The van der Waals surface area contributed by atoms with Crippen LogP contribution in [0.4, 0.5) is 0 Å². The molecule has 1 aliphatic heterocycles. The third-order valence-corrected chi connectivity index (χ3v) is 2.80. The number of carboxylic acids is 1. The van der Waals surface area contributed by atoms with Crippen LogP contribution in [0.1, 0.15) is 16.8 Å². The van der Waals surface area contributed by atoms with Gasteiger partial charge in [-0.1, -0.05) is 6.07 Å². The van der Waals surface area contributed by atoms with Crippen LogP contribution in [0.3, 0.4) is 0 Å². The van der Waals surface area contributed by atoms with E-state index >= 15 is 0 Å². The summed E-state index contributed by atoms with van der Waals surface area (Å²) < 4.78 is 10.8. The Balaban J connectivity index is 1.98. The summed E-state index contributed by atoms with van der Waals surface area (Å²) in [5.74, 6) is -0.817. The van der Waals surface area contributed by atoms with Gasteiger partial charge in [0.05, 0.1) is 5.56 Å². The highest BCUT2D eigenvalue weighted by Crippen LogP contribution is 2.33. The molecule has 0 radical (unpaired) electrons. The Morgan fingerprint density at radius 3 is 2.80 bits per heavy atom. The van der Waals surface area contributed by atoms with Gasteiger partial charge >= 0.3 is 5.97 Å². The molecule has 0 saturated heterocycles. The summed E-state index contributed by atoms with van der Waals surface area (Å²) in [4.78, 5) is 22.4. The summed E-state index contributed by atoms with van der Waals surface area (Å²) in [6.07, 6.45) is -1.55. The maximum absolute atomic E-state index is 12.0. The van der Waals surface area contributed by atoms with E-state index < -0.39 is 18.0 Å². The number of carboxylic acid groups (broad SMARTS) is 1. The van der Waals surface area contributed by atoms with Crippen molar-refractivity contribution in [1.82, 2.24) is 5.32 Å². The molecular weight excluding hydrogens is 266 g/mol. The molecule has 2 rings (SSSR count). The quantitative estimate of drug-likeness (QED) is 0.703. The molecule has 1 aromatic carbocycles. The number of aliphatic carboxylic acids is 1. The van der Waals surface area contributed by atoms with Crippen molar-refractivity contribution >= 4 is 11.9 Å². The summed E-state index contributed by atoms with van der Waals surface area (Å²) in [7, 11) is 0. The normalized spacial score (nSPS) is 14.4. The Morgan fingerprint density at radius 2 is 2.05 bits per heavy atom. The molecule has 108 valence electrons. The zero-order valence-corrected chi connectivity index (χ0v) is 10.7. The Morgan fingerprint density at radius 1 is 1.30 bits per heavy atom. The van der Waals surface area contributed by atoms with Gasteiger partial charge in [0.15, 0.2) is 17.6 Å². The van der Waals surface area contributed by atoms with Gasteiger partial charge in [0.2, 0.25) is 0 Å². The van der Waals surface area contributed by atoms with E-state index in [4.69, 9.17) is 19.7 Å². The molecule has 1 atom stereocenters. The van der Waals surface area contributed by atoms with Crippen LogP contribution in [0.25, 0.3) is 0 Å². The van der Waals surface area contributed by atoms with Gasteiger partial charge < -0.3 is 25.0 Å². The monoisotopic (exact) mass is 281 g/mol. The third-order valence-electron chi connectivity index (χ3n) is 2.80. The number of benzene rings is 1. The van der Waals surface area contributed by atoms with E-state index in [9.17, 15) is 9.59 Å². The summed E-state index contributed by atoms with van der Waals surface area (Å²) in [5.41, 5.74) is 0.326. The van der Waals surface area contributed by atoms with Crippen molar-refractivity contribution in [3.8, 4) is 11.5 Å². The van der Waals surface area contributed by atoms with Crippen molar-refractivity contribution in [3.05, 3.63) is 23.8 Å². The number of aliphatic hydroxyl groups is 1. The molecule has 3 N–H and O–H groups in total. The first-order chi connectivity index (χ1) is 9.59. The number of amides is 1. The SMILES string of the molecule is O=C(NCC[C@H](O)C(=O)O)c1cccc2c1OCCO2. The van der Waals surface area contributed by atoms with E-state index in [1.807, 2.05) is 0 Å².